The van der Waals surface area contributed by atoms with Gasteiger partial charge in [-0.3, -0.25) is 0 Å². The molecule has 0 N–H and O–H groups in total. The molecule has 0 bridgehead atoms. The molecule has 4 nitrogen and oxygen atoms in total. The van der Waals surface area contributed by atoms with Crippen LogP contribution in [0.15, 0.2) is 72.8 Å². The molecule has 2 aromatic rings. The fraction of sp³-hybridized carbons (Fsp3) is 0.263. The van der Waals surface area contributed by atoms with E-state index in [0.29, 0.717) is 6.61 Å². The molecule has 4 atom stereocenters. The molecule has 0 aromatic heterocycles. The zero-order valence-electron chi connectivity index (χ0n) is 12.6. The Morgan fingerprint density at radius 3 is 2.35 bits per heavy atom. The number of fused-ring (bicyclic) bond motifs is 1. The third kappa shape index (κ3) is 3.29. The predicted octanol–water partition coefficient (Wildman–Crippen LogP) is 3.46. The Morgan fingerprint density at radius 1 is 0.826 bits per heavy atom. The maximum atomic E-state index is 5.99. The highest BCUT2D eigenvalue weighted by atomic mass is 16.7. The van der Waals surface area contributed by atoms with Gasteiger partial charge < -0.3 is 18.9 Å². The Hall–Kier alpha value is -2.14. The maximum Gasteiger partial charge on any atom is 0.220 e. The molecule has 2 aromatic carbocycles. The second kappa shape index (κ2) is 6.54. The fourth-order valence-corrected chi connectivity index (χ4v) is 2.74. The van der Waals surface area contributed by atoms with E-state index in [1.165, 1.54) is 0 Å². The Balaban J connectivity index is 1.41. The molecule has 1 saturated heterocycles. The van der Waals surface area contributed by atoms with Crippen molar-refractivity contribution in [2.75, 3.05) is 6.61 Å². The van der Waals surface area contributed by atoms with Crippen LogP contribution in [0.4, 0.5) is 0 Å². The summed E-state index contributed by atoms with van der Waals surface area (Å²) in [5.74, 6) is 0.778. The summed E-state index contributed by atoms with van der Waals surface area (Å²) in [6.07, 6.45) is 2.84. The van der Waals surface area contributed by atoms with Gasteiger partial charge in [0.1, 0.15) is 18.0 Å². The van der Waals surface area contributed by atoms with Gasteiger partial charge in [-0.15, -0.1) is 0 Å². The van der Waals surface area contributed by atoms with E-state index < -0.39 is 6.29 Å². The number of para-hydroxylation sites is 1. The highest BCUT2D eigenvalue weighted by Gasteiger charge is 2.36. The van der Waals surface area contributed by atoms with Crippen LogP contribution in [-0.2, 0) is 14.2 Å². The van der Waals surface area contributed by atoms with Gasteiger partial charge in [0, 0.05) is 5.56 Å². The Morgan fingerprint density at radius 2 is 1.57 bits per heavy atom. The van der Waals surface area contributed by atoms with Crippen molar-refractivity contribution in [1.29, 1.82) is 0 Å². The molecule has 0 aliphatic carbocycles. The van der Waals surface area contributed by atoms with Crippen LogP contribution in [0.2, 0.25) is 0 Å². The van der Waals surface area contributed by atoms with Crippen LogP contribution in [0.25, 0.3) is 0 Å². The average molecular weight is 310 g/mol. The summed E-state index contributed by atoms with van der Waals surface area (Å²) in [5, 5.41) is 0. The number of ether oxygens (including phenoxy) is 4. The van der Waals surface area contributed by atoms with Gasteiger partial charge in [-0.2, -0.15) is 0 Å². The highest BCUT2D eigenvalue weighted by molar-refractivity contribution is 5.22. The van der Waals surface area contributed by atoms with Crippen molar-refractivity contribution in [3.05, 3.63) is 78.4 Å². The van der Waals surface area contributed by atoms with Crippen LogP contribution >= 0.6 is 0 Å². The van der Waals surface area contributed by atoms with Crippen LogP contribution < -0.4 is 4.74 Å². The molecular formula is C19H18O4. The molecule has 0 radical (unpaired) electrons. The molecule has 118 valence electrons. The fourth-order valence-electron chi connectivity index (χ4n) is 2.74. The van der Waals surface area contributed by atoms with Crippen LogP contribution in [0.3, 0.4) is 0 Å². The Bertz CT molecular complexity index is 656. The van der Waals surface area contributed by atoms with E-state index in [4.69, 9.17) is 18.9 Å². The lowest BCUT2D eigenvalue weighted by atomic mass is 10.1. The average Bonchev–Trinajstić information content (AvgIpc) is 2.63. The number of rotatable bonds is 3. The summed E-state index contributed by atoms with van der Waals surface area (Å²) < 4.78 is 23.5. The third-order valence-electron chi connectivity index (χ3n) is 3.89. The van der Waals surface area contributed by atoms with Crippen molar-refractivity contribution in [1.82, 2.24) is 0 Å². The summed E-state index contributed by atoms with van der Waals surface area (Å²) in [6.45, 7) is 0.475. The number of hydrogen-bond acceptors (Lipinski definition) is 4. The second-order valence-electron chi connectivity index (χ2n) is 5.54. The standard InChI is InChI=1S/C19H18O4/c1-3-7-14(8-4-1)19-20-13-17-16(23-19)11-12-18(22-17)21-15-9-5-2-6-10-15/h1-12,16-19H,13H2/t16-,17+,18+,19?/m0/s1. The molecule has 2 aliphatic heterocycles. The van der Waals surface area contributed by atoms with Gasteiger partial charge in [0.25, 0.3) is 0 Å². The summed E-state index contributed by atoms with van der Waals surface area (Å²) in [4.78, 5) is 0. The molecule has 0 amide bonds. The van der Waals surface area contributed by atoms with Gasteiger partial charge in [-0.25, -0.2) is 0 Å². The molecule has 1 fully saturated rings. The molecule has 4 heteroatoms. The molecule has 4 rings (SSSR count). The smallest absolute Gasteiger partial charge is 0.220 e. The third-order valence-corrected chi connectivity index (χ3v) is 3.89. The molecule has 0 spiro atoms. The lowest BCUT2D eigenvalue weighted by Crippen LogP contribution is -2.46. The number of hydrogen-bond donors (Lipinski definition) is 0. The highest BCUT2D eigenvalue weighted by Crippen LogP contribution is 2.31. The minimum Gasteiger partial charge on any atom is -0.461 e. The van der Waals surface area contributed by atoms with E-state index in [9.17, 15) is 0 Å². The van der Waals surface area contributed by atoms with Crippen molar-refractivity contribution in [3.8, 4) is 5.75 Å². The molecule has 2 heterocycles. The van der Waals surface area contributed by atoms with E-state index in [1.54, 1.807) is 0 Å². The van der Waals surface area contributed by atoms with Crippen molar-refractivity contribution in [3.63, 3.8) is 0 Å². The Labute approximate surface area is 135 Å². The minimum atomic E-state index is -0.417. The molecule has 23 heavy (non-hydrogen) atoms. The van der Waals surface area contributed by atoms with Crippen LogP contribution in [0, 0.1) is 0 Å². The monoisotopic (exact) mass is 310 g/mol. The van der Waals surface area contributed by atoms with Gasteiger partial charge in [0.15, 0.2) is 6.29 Å². The van der Waals surface area contributed by atoms with Crippen molar-refractivity contribution in [2.24, 2.45) is 0 Å². The van der Waals surface area contributed by atoms with E-state index >= 15 is 0 Å². The minimum absolute atomic E-state index is 0.121. The summed E-state index contributed by atoms with van der Waals surface area (Å²) >= 11 is 0. The van der Waals surface area contributed by atoms with Gasteiger partial charge in [0.2, 0.25) is 6.29 Å². The molecular weight excluding hydrogens is 292 g/mol. The first-order valence-corrected chi connectivity index (χ1v) is 7.76. The number of benzene rings is 2. The zero-order chi connectivity index (χ0) is 15.5. The van der Waals surface area contributed by atoms with Gasteiger partial charge in [-0.1, -0.05) is 54.6 Å². The lowest BCUT2D eigenvalue weighted by molar-refractivity contribution is -0.275. The van der Waals surface area contributed by atoms with E-state index in [0.717, 1.165) is 11.3 Å². The zero-order valence-corrected chi connectivity index (χ0v) is 12.6. The quantitative estimate of drug-likeness (QED) is 0.814. The van der Waals surface area contributed by atoms with Gasteiger partial charge >= 0.3 is 0 Å². The van der Waals surface area contributed by atoms with Crippen molar-refractivity contribution >= 4 is 0 Å². The Kier molecular flexibility index (Phi) is 4.11. The molecule has 2 aliphatic rings. The van der Waals surface area contributed by atoms with Crippen molar-refractivity contribution < 1.29 is 18.9 Å². The van der Waals surface area contributed by atoms with Crippen molar-refractivity contribution in [2.45, 2.75) is 24.8 Å². The summed E-state index contributed by atoms with van der Waals surface area (Å²) in [7, 11) is 0. The van der Waals surface area contributed by atoms with Crippen LogP contribution in [0.5, 0.6) is 5.75 Å². The summed E-state index contributed by atoms with van der Waals surface area (Å²) in [6, 6.07) is 19.6. The first-order valence-electron chi connectivity index (χ1n) is 7.76. The van der Waals surface area contributed by atoms with Crippen LogP contribution in [0.1, 0.15) is 11.9 Å². The maximum absolute atomic E-state index is 5.99. The SMILES string of the molecule is C1=C[C@@H]2OC(c3ccccc3)OC[C@H]2O[C@H]1Oc1ccccc1. The predicted molar refractivity (Wildman–Crippen MR) is 84.9 cm³/mol. The first kappa shape index (κ1) is 14.5. The normalized spacial score (nSPS) is 29.7. The molecule has 1 unspecified atom stereocenters. The second-order valence-corrected chi connectivity index (χ2v) is 5.54. The van der Waals surface area contributed by atoms with E-state index in [1.807, 2.05) is 72.8 Å². The van der Waals surface area contributed by atoms with Gasteiger partial charge in [0.05, 0.1) is 6.61 Å². The van der Waals surface area contributed by atoms with E-state index in [2.05, 4.69) is 0 Å². The first-order chi connectivity index (χ1) is 11.4. The molecule has 0 saturated carbocycles. The topological polar surface area (TPSA) is 36.9 Å². The summed E-state index contributed by atoms with van der Waals surface area (Å²) in [5.41, 5.74) is 1.02. The lowest BCUT2D eigenvalue weighted by Gasteiger charge is -2.38. The largest absolute Gasteiger partial charge is 0.461 e. The van der Waals surface area contributed by atoms with E-state index in [-0.39, 0.29) is 18.5 Å². The van der Waals surface area contributed by atoms with Gasteiger partial charge in [-0.05, 0) is 18.2 Å². The van der Waals surface area contributed by atoms with Crippen LogP contribution in [-0.4, -0.2) is 25.1 Å².